The first-order chi connectivity index (χ1) is 10.9. The number of carboxylic acids is 1. The average molecular weight is 333 g/mol. The van der Waals surface area contributed by atoms with Crippen molar-refractivity contribution in [3.63, 3.8) is 0 Å². The van der Waals surface area contributed by atoms with Crippen molar-refractivity contribution in [2.75, 3.05) is 11.9 Å². The molecule has 0 radical (unpaired) electrons. The van der Waals surface area contributed by atoms with E-state index in [0.29, 0.717) is 16.5 Å². The minimum Gasteiger partial charge on any atom is -0.545 e. The molecule has 0 spiro atoms. The number of rotatable bonds is 5. The lowest BCUT2D eigenvalue weighted by molar-refractivity contribution is -0.255. The highest BCUT2D eigenvalue weighted by molar-refractivity contribution is 6.32. The summed E-state index contributed by atoms with van der Waals surface area (Å²) < 4.78 is 5.44. The molecule has 0 atom stereocenters. The van der Waals surface area contributed by atoms with Crippen molar-refractivity contribution < 1.29 is 19.4 Å². The topological polar surface area (TPSA) is 78.5 Å². The van der Waals surface area contributed by atoms with E-state index >= 15 is 0 Å². The van der Waals surface area contributed by atoms with Crippen LogP contribution in [0.15, 0.2) is 36.4 Å². The number of benzene rings is 2. The molecular weight excluding hydrogens is 318 g/mol. The molecule has 0 aromatic heterocycles. The van der Waals surface area contributed by atoms with Crippen molar-refractivity contribution in [1.29, 1.82) is 0 Å². The highest BCUT2D eigenvalue weighted by Gasteiger charge is 2.07. The molecule has 0 fully saturated rings. The molecule has 0 aliphatic rings. The summed E-state index contributed by atoms with van der Waals surface area (Å²) in [6.07, 6.45) is 0. The number of hydrogen-bond acceptors (Lipinski definition) is 4. The number of amides is 1. The van der Waals surface area contributed by atoms with Crippen LogP contribution in [0.4, 0.5) is 5.69 Å². The minimum atomic E-state index is -1.30. The lowest BCUT2D eigenvalue weighted by atomic mass is 10.1. The molecule has 0 unspecified atom stereocenters. The summed E-state index contributed by atoms with van der Waals surface area (Å²) in [6.45, 7) is 3.51. The predicted octanol–water partition coefficient (Wildman–Crippen LogP) is 2.34. The van der Waals surface area contributed by atoms with Gasteiger partial charge in [0.25, 0.3) is 5.91 Å². The van der Waals surface area contributed by atoms with E-state index in [1.54, 1.807) is 18.2 Å². The second-order valence-corrected chi connectivity index (χ2v) is 5.45. The Morgan fingerprint density at radius 3 is 2.43 bits per heavy atom. The van der Waals surface area contributed by atoms with Crippen LogP contribution in [0.5, 0.6) is 5.75 Å². The molecule has 0 bridgehead atoms. The number of aromatic carboxylic acids is 1. The first-order valence-corrected chi connectivity index (χ1v) is 7.25. The fraction of sp³-hybridized carbons (Fsp3) is 0.176. The Balaban J connectivity index is 1.98. The van der Waals surface area contributed by atoms with Crippen LogP contribution in [0.25, 0.3) is 0 Å². The normalized spacial score (nSPS) is 10.2. The van der Waals surface area contributed by atoms with E-state index in [1.165, 1.54) is 18.2 Å². The van der Waals surface area contributed by atoms with Crippen molar-refractivity contribution in [2.24, 2.45) is 0 Å². The Hall–Kier alpha value is -2.53. The first kappa shape index (κ1) is 16.8. The van der Waals surface area contributed by atoms with Crippen LogP contribution in [0.1, 0.15) is 21.5 Å². The Morgan fingerprint density at radius 1 is 1.17 bits per heavy atom. The summed E-state index contributed by atoms with van der Waals surface area (Å²) >= 11 is 6.07. The predicted molar refractivity (Wildman–Crippen MR) is 85.8 cm³/mol. The van der Waals surface area contributed by atoms with Gasteiger partial charge < -0.3 is 20.0 Å². The standard InChI is InChI=1S/C17H16ClNO4/c1-10-6-14(7-11(2)16(10)18)23-9-15(20)19-13-5-3-4-12(8-13)17(21)22/h3-8H,9H2,1-2H3,(H,19,20)(H,21,22)/p-1. The summed E-state index contributed by atoms with van der Waals surface area (Å²) in [5, 5.41) is 14.0. The Labute approximate surface area is 138 Å². The van der Waals surface area contributed by atoms with Gasteiger partial charge in [0.15, 0.2) is 6.61 Å². The summed E-state index contributed by atoms with van der Waals surface area (Å²) in [5.74, 6) is -1.15. The van der Waals surface area contributed by atoms with Gasteiger partial charge >= 0.3 is 0 Å². The summed E-state index contributed by atoms with van der Waals surface area (Å²) in [7, 11) is 0. The third-order valence-electron chi connectivity index (χ3n) is 3.16. The van der Waals surface area contributed by atoms with Crippen LogP contribution in [0.2, 0.25) is 5.02 Å². The van der Waals surface area contributed by atoms with Crippen LogP contribution >= 0.6 is 11.6 Å². The SMILES string of the molecule is Cc1cc(OCC(=O)Nc2cccc(C(=O)[O-])c2)cc(C)c1Cl. The number of carboxylic acid groups (broad SMARTS) is 1. The van der Waals surface area contributed by atoms with Gasteiger partial charge in [-0.1, -0.05) is 23.7 Å². The van der Waals surface area contributed by atoms with E-state index in [2.05, 4.69) is 5.32 Å². The maximum atomic E-state index is 11.9. The monoisotopic (exact) mass is 332 g/mol. The summed E-state index contributed by atoms with van der Waals surface area (Å²) in [5.41, 5.74) is 2.09. The molecule has 0 saturated heterocycles. The Kier molecular flexibility index (Phi) is 5.24. The maximum absolute atomic E-state index is 11.9. The Bertz CT molecular complexity index is 735. The van der Waals surface area contributed by atoms with Crippen LogP contribution in [-0.2, 0) is 4.79 Å². The number of nitrogens with one attached hydrogen (secondary N) is 1. The van der Waals surface area contributed by atoms with Crippen LogP contribution < -0.4 is 15.2 Å². The number of halogens is 1. The molecule has 6 heteroatoms. The molecule has 0 aliphatic heterocycles. The van der Waals surface area contributed by atoms with Gasteiger partial charge in [-0.3, -0.25) is 4.79 Å². The van der Waals surface area contributed by atoms with Gasteiger partial charge in [-0.05, 0) is 54.8 Å². The van der Waals surface area contributed by atoms with Crippen molar-refractivity contribution in [3.05, 3.63) is 58.1 Å². The number of ether oxygens (including phenoxy) is 1. The molecule has 2 rings (SSSR count). The first-order valence-electron chi connectivity index (χ1n) is 6.87. The smallest absolute Gasteiger partial charge is 0.262 e. The van der Waals surface area contributed by atoms with Crippen molar-refractivity contribution in [2.45, 2.75) is 13.8 Å². The number of hydrogen-bond donors (Lipinski definition) is 1. The number of carbonyl (C=O) groups is 2. The van der Waals surface area contributed by atoms with E-state index in [9.17, 15) is 14.7 Å². The zero-order chi connectivity index (χ0) is 17.0. The molecule has 120 valence electrons. The number of anilines is 1. The highest BCUT2D eigenvalue weighted by Crippen LogP contribution is 2.25. The van der Waals surface area contributed by atoms with Crippen LogP contribution in [0.3, 0.4) is 0 Å². The molecule has 2 aromatic carbocycles. The van der Waals surface area contributed by atoms with E-state index in [0.717, 1.165) is 11.1 Å². The molecule has 23 heavy (non-hydrogen) atoms. The fourth-order valence-corrected chi connectivity index (χ4v) is 2.17. The second kappa shape index (κ2) is 7.15. The van der Waals surface area contributed by atoms with Crippen molar-refractivity contribution in [3.8, 4) is 5.75 Å². The molecule has 1 N–H and O–H groups in total. The Morgan fingerprint density at radius 2 is 1.83 bits per heavy atom. The second-order valence-electron chi connectivity index (χ2n) is 5.08. The molecular formula is C17H15ClNO4-. The minimum absolute atomic E-state index is 0.00679. The lowest BCUT2D eigenvalue weighted by Gasteiger charge is -2.11. The van der Waals surface area contributed by atoms with E-state index in [-0.39, 0.29) is 12.2 Å². The van der Waals surface area contributed by atoms with Gasteiger partial charge in [0.05, 0.1) is 5.97 Å². The zero-order valence-corrected chi connectivity index (χ0v) is 13.4. The largest absolute Gasteiger partial charge is 0.545 e. The van der Waals surface area contributed by atoms with Gasteiger partial charge in [-0.25, -0.2) is 0 Å². The highest BCUT2D eigenvalue weighted by atomic mass is 35.5. The number of carbonyl (C=O) groups excluding carboxylic acids is 2. The van der Waals surface area contributed by atoms with Gasteiger partial charge in [0.1, 0.15) is 5.75 Å². The molecule has 0 aliphatic carbocycles. The van der Waals surface area contributed by atoms with Gasteiger partial charge in [-0.2, -0.15) is 0 Å². The molecule has 1 amide bonds. The average Bonchev–Trinajstić information content (AvgIpc) is 2.50. The molecule has 0 saturated carbocycles. The quantitative estimate of drug-likeness (QED) is 0.911. The molecule has 2 aromatic rings. The summed E-state index contributed by atoms with van der Waals surface area (Å²) in [4.78, 5) is 22.7. The molecule has 5 nitrogen and oxygen atoms in total. The van der Waals surface area contributed by atoms with E-state index < -0.39 is 11.9 Å². The van der Waals surface area contributed by atoms with E-state index in [4.69, 9.17) is 16.3 Å². The number of aryl methyl sites for hydroxylation is 2. The van der Waals surface area contributed by atoms with Crippen molar-refractivity contribution >= 4 is 29.2 Å². The zero-order valence-electron chi connectivity index (χ0n) is 12.7. The van der Waals surface area contributed by atoms with E-state index in [1.807, 2.05) is 13.8 Å². The van der Waals surface area contributed by atoms with Gasteiger partial charge in [-0.15, -0.1) is 0 Å². The third-order valence-corrected chi connectivity index (χ3v) is 3.76. The fourth-order valence-electron chi connectivity index (χ4n) is 2.06. The van der Waals surface area contributed by atoms with Gasteiger partial charge in [0.2, 0.25) is 0 Å². The lowest BCUT2D eigenvalue weighted by Crippen LogP contribution is -2.23. The third kappa shape index (κ3) is 4.47. The maximum Gasteiger partial charge on any atom is 0.262 e. The summed E-state index contributed by atoms with van der Waals surface area (Å²) in [6, 6.07) is 9.32. The van der Waals surface area contributed by atoms with Crippen LogP contribution in [0, 0.1) is 13.8 Å². The van der Waals surface area contributed by atoms with Crippen molar-refractivity contribution in [1.82, 2.24) is 0 Å². The van der Waals surface area contributed by atoms with Crippen LogP contribution in [-0.4, -0.2) is 18.5 Å². The molecule has 0 heterocycles. The van der Waals surface area contributed by atoms with Gasteiger partial charge in [0, 0.05) is 10.7 Å².